The molecule has 0 saturated carbocycles. The summed E-state index contributed by atoms with van der Waals surface area (Å²) < 4.78 is 0. The molecule has 2 radical (unpaired) electrons. The van der Waals surface area contributed by atoms with Crippen LogP contribution in [0.25, 0.3) is 0 Å². The van der Waals surface area contributed by atoms with Gasteiger partial charge in [0.15, 0.2) is 0 Å². The maximum Gasteiger partial charge on any atom is 0.0230 e. The van der Waals surface area contributed by atoms with Crippen molar-refractivity contribution >= 4 is 6.21 Å². The van der Waals surface area contributed by atoms with Crippen molar-refractivity contribution in [3.8, 4) is 0 Å². The van der Waals surface area contributed by atoms with Gasteiger partial charge < -0.3 is 0 Å². The molecule has 1 nitrogen and oxygen atoms in total. The lowest BCUT2D eigenvalue weighted by atomic mass is 10.3. The molecule has 1 heteroatoms. The molecular weight excluding hydrogens is 74.1 g/mol. The highest BCUT2D eigenvalue weighted by molar-refractivity contribution is 5.61. The van der Waals surface area contributed by atoms with Crippen molar-refractivity contribution in [3.63, 3.8) is 0 Å². The van der Waals surface area contributed by atoms with Gasteiger partial charge in [-0.2, -0.15) is 0 Å². The highest BCUT2D eigenvalue weighted by Gasteiger charge is 1.80. The van der Waals surface area contributed by atoms with Gasteiger partial charge in [-0.3, -0.25) is 4.99 Å². The Morgan fingerprint density at radius 2 is 2.67 bits per heavy atom. The fourth-order valence-electron chi connectivity index (χ4n) is 0.330. The molecule has 0 fully saturated rings. The smallest absolute Gasteiger partial charge is 0.0230 e. The van der Waals surface area contributed by atoms with E-state index in [0.717, 1.165) is 6.42 Å². The summed E-state index contributed by atoms with van der Waals surface area (Å²) in [5.74, 6) is 0. The molecular formula is C5H5N. The zero-order valence-corrected chi connectivity index (χ0v) is 3.39. The monoisotopic (exact) mass is 79.0 g/mol. The number of hydrogen-bond donors (Lipinski definition) is 0. The van der Waals surface area contributed by atoms with Crippen LogP contribution in [0.3, 0.4) is 0 Å². The quantitative estimate of drug-likeness (QED) is 0.411. The molecule has 0 bridgehead atoms. The molecule has 1 aliphatic rings. The fourth-order valence-corrected chi connectivity index (χ4v) is 0.330. The van der Waals surface area contributed by atoms with Gasteiger partial charge in [0.25, 0.3) is 0 Å². The van der Waals surface area contributed by atoms with E-state index in [4.69, 9.17) is 0 Å². The molecule has 1 heterocycles. The third-order valence-corrected chi connectivity index (χ3v) is 0.593. The Morgan fingerprint density at radius 1 is 1.67 bits per heavy atom. The molecule has 1 rings (SSSR count). The van der Waals surface area contributed by atoms with Gasteiger partial charge in [-0.1, -0.05) is 6.08 Å². The summed E-state index contributed by atoms with van der Waals surface area (Å²) in [5, 5.41) is 0. The number of nitrogens with zero attached hydrogens (tertiary/aromatic N) is 1. The Hall–Kier alpha value is -0.590. The van der Waals surface area contributed by atoms with E-state index in [9.17, 15) is 0 Å². The summed E-state index contributed by atoms with van der Waals surface area (Å²) in [4.78, 5) is 3.81. The highest BCUT2D eigenvalue weighted by atomic mass is 14.7. The molecule has 1 aliphatic heterocycles. The predicted octanol–water partition coefficient (Wildman–Crippen LogP) is 1.06. The molecule has 0 saturated heterocycles. The average molecular weight is 79.1 g/mol. The first-order valence-corrected chi connectivity index (χ1v) is 1.90. The van der Waals surface area contributed by atoms with Gasteiger partial charge in [0.1, 0.15) is 0 Å². The van der Waals surface area contributed by atoms with Crippen molar-refractivity contribution in [2.24, 2.45) is 4.99 Å². The number of aliphatic imine (C=N–C) groups is 1. The van der Waals surface area contributed by atoms with Crippen molar-refractivity contribution in [3.05, 3.63) is 18.7 Å². The summed E-state index contributed by atoms with van der Waals surface area (Å²) in [5.41, 5.74) is 0. The molecule has 0 spiro atoms. The van der Waals surface area contributed by atoms with Crippen LogP contribution >= 0.6 is 0 Å². The van der Waals surface area contributed by atoms with E-state index >= 15 is 0 Å². The molecule has 0 aromatic rings. The molecule has 6 heavy (non-hydrogen) atoms. The van der Waals surface area contributed by atoms with Crippen molar-refractivity contribution < 1.29 is 0 Å². The van der Waals surface area contributed by atoms with Crippen LogP contribution in [0.5, 0.6) is 0 Å². The second-order valence-corrected chi connectivity index (χ2v) is 1.06. The lowest BCUT2D eigenvalue weighted by Crippen LogP contribution is -1.77. The van der Waals surface area contributed by atoms with Crippen molar-refractivity contribution in [2.45, 2.75) is 6.42 Å². The van der Waals surface area contributed by atoms with Crippen LogP contribution in [0.1, 0.15) is 6.42 Å². The predicted molar refractivity (Wildman–Crippen MR) is 25.5 cm³/mol. The maximum absolute atomic E-state index is 3.81. The van der Waals surface area contributed by atoms with Crippen LogP contribution in [0.15, 0.2) is 17.3 Å². The van der Waals surface area contributed by atoms with E-state index in [1.54, 1.807) is 6.20 Å². The number of hydrogen-bond acceptors (Lipinski definition) is 1. The van der Waals surface area contributed by atoms with Crippen LogP contribution in [-0.4, -0.2) is 6.21 Å². The van der Waals surface area contributed by atoms with Crippen molar-refractivity contribution in [2.75, 3.05) is 0 Å². The van der Waals surface area contributed by atoms with Crippen LogP contribution < -0.4 is 0 Å². The SMILES string of the molecule is [C]1C=CN=CC1. The summed E-state index contributed by atoms with van der Waals surface area (Å²) >= 11 is 0. The molecule has 0 aliphatic carbocycles. The summed E-state index contributed by atoms with van der Waals surface area (Å²) in [6.45, 7) is 0. The van der Waals surface area contributed by atoms with E-state index < -0.39 is 0 Å². The Labute approximate surface area is 37.4 Å². The van der Waals surface area contributed by atoms with E-state index in [2.05, 4.69) is 11.4 Å². The topological polar surface area (TPSA) is 12.4 Å². The Morgan fingerprint density at radius 3 is 2.83 bits per heavy atom. The first kappa shape index (κ1) is 3.59. The first-order valence-electron chi connectivity index (χ1n) is 1.90. The molecule has 0 unspecified atom stereocenters. The minimum Gasteiger partial charge on any atom is -0.269 e. The van der Waals surface area contributed by atoms with Gasteiger partial charge in [-0.15, -0.1) is 0 Å². The molecule has 0 N–H and O–H groups in total. The lowest BCUT2D eigenvalue weighted by Gasteiger charge is -1.86. The van der Waals surface area contributed by atoms with Crippen molar-refractivity contribution in [1.29, 1.82) is 0 Å². The van der Waals surface area contributed by atoms with Gasteiger partial charge in [-0.05, 0) is 6.42 Å². The van der Waals surface area contributed by atoms with Gasteiger partial charge >= 0.3 is 0 Å². The summed E-state index contributed by atoms with van der Waals surface area (Å²) in [6, 6.07) is 0. The van der Waals surface area contributed by atoms with E-state index in [1.165, 1.54) is 0 Å². The second-order valence-electron chi connectivity index (χ2n) is 1.06. The lowest BCUT2D eigenvalue weighted by molar-refractivity contribution is 1.32. The normalized spacial score (nSPS) is 18.7. The van der Waals surface area contributed by atoms with E-state index in [-0.39, 0.29) is 0 Å². The first-order chi connectivity index (χ1) is 3.00. The highest BCUT2D eigenvalue weighted by Crippen LogP contribution is 1.91. The molecule has 0 atom stereocenters. The molecule has 30 valence electrons. The molecule has 0 aromatic heterocycles. The zero-order valence-electron chi connectivity index (χ0n) is 3.39. The average Bonchev–Trinajstić information content (AvgIpc) is 1.72. The van der Waals surface area contributed by atoms with E-state index in [1.807, 2.05) is 12.3 Å². The van der Waals surface area contributed by atoms with Crippen LogP contribution in [0, 0.1) is 6.42 Å². The standard InChI is InChI=1S/C5H5N/c1-2-4-6-5-3-1/h2,4-5H,3H2. The maximum atomic E-state index is 3.81. The van der Waals surface area contributed by atoms with Gasteiger partial charge in [0, 0.05) is 18.8 Å². The van der Waals surface area contributed by atoms with Gasteiger partial charge in [0.2, 0.25) is 0 Å². The van der Waals surface area contributed by atoms with Gasteiger partial charge in [-0.25, -0.2) is 0 Å². The minimum atomic E-state index is 0.872. The van der Waals surface area contributed by atoms with Crippen LogP contribution in [-0.2, 0) is 0 Å². The Bertz CT molecular complexity index is 69.9. The summed E-state index contributed by atoms with van der Waals surface area (Å²) in [6.07, 6.45) is 9.19. The third kappa shape index (κ3) is 0.677. The van der Waals surface area contributed by atoms with Crippen LogP contribution in [0.2, 0.25) is 0 Å². The largest absolute Gasteiger partial charge is 0.269 e. The zero-order chi connectivity index (χ0) is 4.24. The van der Waals surface area contributed by atoms with Crippen molar-refractivity contribution in [1.82, 2.24) is 0 Å². The second kappa shape index (κ2) is 1.75. The van der Waals surface area contributed by atoms with Gasteiger partial charge in [0.05, 0.1) is 0 Å². The summed E-state index contributed by atoms with van der Waals surface area (Å²) in [7, 11) is 0. The molecule has 0 amide bonds. The number of rotatable bonds is 0. The Balaban J connectivity index is 2.46. The molecule has 0 aromatic carbocycles. The minimum absolute atomic E-state index is 0.872. The van der Waals surface area contributed by atoms with Crippen LogP contribution in [0.4, 0.5) is 0 Å². The van der Waals surface area contributed by atoms with E-state index in [0.29, 0.717) is 0 Å². The third-order valence-electron chi connectivity index (χ3n) is 0.593. The fraction of sp³-hybridized carbons (Fsp3) is 0.200. The number of allylic oxidation sites excluding steroid dienone is 1. The Kier molecular flexibility index (Phi) is 1.05.